The summed E-state index contributed by atoms with van der Waals surface area (Å²) >= 11 is 12.7. The van der Waals surface area contributed by atoms with Gasteiger partial charge in [0.15, 0.2) is 0 Å². The minimum absolute atomic E-state index is 0.0874. The summed E-state index contributed by atoms with van der Waals surface area (Å²) in [5.41, 5.74) is 7.40. The van der Waals surface area contributed by atoms with Crippen molar-refractivity contribution in [3.8, 4) is 0 Å². The second kappa shape index (κ2) is 11.8. The first-order valence-corrected chi connectivity index (χ1v) is 14.3. The van der Waals surface area contributed by atoms with Gasteiger partial charge in [-0.15, -0.1) is 0 Å². The SMILES string of the molecule is CC(C)[C@H](NC(=O)[C@H]1N[C@H](CC(C)(C)C)[C@@](N)(c2ccc(Cl)cc2)[C@@H]1c1cccc(Cl)c1)C(=O)OC(C)(C)C. The zero-order chi connectivity index (χ0) is 29.3. The minimum atomic E-state index is -0.982. The van der Waals surface area contributed by atoms with Crippen LogP contribution >= 0.6 is 23.2 Å². The summed E-state index contributed by atoms with van der Waals surface area (Å²) < 4.78 is 5.63. The molecule has 39 heavy (non-hydrogen) atoms. The quantitative estimate of drug-likeness (QED) is 0.342. The average Bonchev–Trinajstić information content (AvgIpc) is 3.08. The van der Waals surface area contributed by atoms with Gasteiger partial charge in [0.25, 0.3) is 0 Å². The summed E-state index contributed by atoms with van der Waals surface area (Å²) in [6.07, 6.45) is 0.701. The van der Waals surface area contributed by atoms with Gasteiger partial charge >= 0.3 is 5.97 Å². The molecule has 1 fully saturated rings. The van der Waals surface area contributed by atoms with Crippen molar-refractivity contribution in [2.75, 3.05) is 0 Å². The Morgan fingerprint density at radius 2 is 1.64 bits per heavy atom. The fraction of sp³-hybridized carbons (Fsp3) is 0.548. The van der Waals surface area contributed by atoms with Crippen LogP contribution < -0.4 is 16.4 Å². The number of esters is 1. The van der Waals surface area contributed by atoms with Gasteiger partial charge in [-0.25, -0.2) is 4.79 Å². The summed E-state index contributed by atoms with van der Waals surface area (Å²) in [6.45, 7) is 15.6. The van der Waals surface area contributed by atoms with Crippen LogP contribution in [-0.2, 0) is 19.9 Å². The lowest BCUT2D eigenvalue weighted by Gasteiger charge is -2.39. The molecular weight excluding hydrogens is 533 g/mol. The highest BCUT2D eigenvalue weighted by molar-refractivity contribution is 6.30. The van der Waals surface area contributed by atoms with E-state index in [1.54, 1.807) is 6.07 Å². The Balaban J connectivity index is 2.12. The minimum Gasteiger partial charge on any atom is -0.458 e. The molecule has 214 valence electrons. The number of hydrogen-bond acceptors (Lipinski definition) is 5. The van der Waals surface area contributed by atoms with Crippen LogP contribution in [-0.4, -0.2) is 35.6 Å². The third kappa shape index (κ3) is 7.55. The predicted molar refractivity (Wildman–Crippen MR) is 159 cm³/mol. The molecule has 2 aromatic carbocycles. The van der Waals surface area contributed by atoms with E-state index in [1.165, 1.54) is 0 Å². The molecule has 0 unspecified atom stereocenters. The zero-order valence-electron chi connectivity index (χ0n) is 24.3. The Morgan fingerprint density at radius 3 is 2.15 bits per heavy atom. The van der Waals surface area contributed by atoms with E-state index in [2.05, 4.69) is 31.4 Å². The van der Waals surface area contributed by atoms with E-state index in [4.69, 9.17) is 33.7 Å². The number of nitrogens with one attached hydrogen (secondary N) is 2. The van der Waals surface area contributed by atoms with Crippen LogP contribution in [0.25, 0.3) is 0 Å². The number of ether oxygens (including phenoxy) is 1. The molecule has 0 radical (unpaired) electrons. The molecule has 0 aliphatic carbocycles. The molecule has 5 atom stereocenters. The van der Waals surface area contributed by atoms with Crippen molar-refractivity contribution in [2.24, 2.45) is 17.1 Å². The third-order valence-corrected chi connectivity index (χ3v) is 7.57. The number of rotatable bonds is 7. The average molecular weight is 577 g/mol. The summed E-state index contributed by atoms with van der Waals surface area (Å²) in [5.74, 6) is -1.45. The van der Waals surface area contributed by atoms with E-state index >= 15 is 0 Å². The normalized spacial score (nSPS) is 24.5. The molecule has 2 aromatic rings. The van der Waals surface area contributed by atoms with Gasteiger partial charge in [-0.05, 0) is 73.9 Å². The lowest BCUT2D eigenvalue weighted by molar-refractivity contribution is -0.160. The fourth-order valence-corrected chi connectivity index (χ4v) is 5.73. The molecule has 1 saturated heterocycles. The molecular formula is C31H43Cl2N3O3. The second-order valence-electron chi connectivity index (χ2n) is 13.2. The molecule has 1 aliphatic rings. The summed E-state index contributed by atoms with van der Waals surface area (Å²) in [7, 11) is 0. The highest BCUT2D eigenvalue weighted by atomic mass is 35.5. The molecule has 0 saturated carbocycles. The molecule has 1 amide bonds. The maximum Gasteiger partial charge on any atom is 0.329 e. The summed E-state index contributed by atoms with van der Waals surface area (Å²) in [5, 5.41) is 7.73. The van der Waals surface area contributed by atoms with Crippen LogP contribution in [0.4, 0.5) is 0 Å². The monoisotopic (exact) mass is 575 g/mol. The number of carbonyl (C=O) groups excluding carboxylic acids is 2. The van der Waals surface area contributed by atoms with Crippen LogP contribution in [0, 0.1) is 11.3 Å². The van der Waals surface area contributed by atoms with Gasteiger partial charge in [-0.1, -0.05) is 82.1 Å². The maximum absolute atomic E-state index is 14.1. The first kappa shape index (κ1) is 31.4. The molecule has 0 aromatic heterocycles. The maximum atomic E-state index is 14.1. The van der Waals surface area contributed by atoms with E-state index in [0.717, 1.165) is 11.1 Å². The highest BCUT2D eigenvalue weighted by Gasteiger charge is 2.57. The number of carbonyl (C=O) groups is 2. The van der Waals surface area contributed by atoms with E-state index < -0.39 is 35.1 Å². The van der Waals surface area contributed by atoms with Crippen molar-refractivity contribution < 1.29 is 14.3 Å². The predicted octanol–water partition coefficient (Wildman–Crippen LogP) is 6.19. The lowest BCUT2D eigenvalue weighted by Crippen LogP contribution is -2.53. The smallest absolute Gasteiger partial charge is 0.329 e. The van der Waals surface area contributed by atoms with Crippen molar-refractivity contribution >= 4 is 35.1 Å². The molecule has 0 bridgehead atoms. The molecule has 8 heteroatoms. The zero-order valence-corrected chi connectivity index (χ0v) is 25.8. The second-order valence-corrected chi connectivity index (χ2v) is 14.1. The van der Waals surface area contributed by atoms with Crippen molar-refractivity contribution in [3.05, 3.63) is 69.7 Å². The van der Waals surface area contributed by atoms with Gasteiger partial charge in [-0.2, -0.15) is 0 Å². The molecule has 6 nitrogen and oxygen atoms in total. The molecule has 1 heterocycles. The number of amides is 1. The number of hydrogen-bond donors (Lipinski definition) is 3. The van der Waals surface area contributed by atoms with Gasteiger partial charge in [-0.3, -0.25) is 4.79 Å². The third-order valence-electron chi connectivity index (χ3n) is 7.08. The molecule has 4 N–H and O–H groups in total. The number of nitrogens with two attached hydrogens (primary N) is 1. The first-order chi connectivity index (χ1) is 17.9. The van der Waals surface area contributed by atoms with Gasteiger partial charge in [0.05, 0.1) is 11.6 Å². The van der Waals surface area contributed by atoms with Gasteiger partial charge in [0.1, 0.15) is 11.6 Å². The Labute approximate surface area is 243 Å². The molecule has 3 rings (SSSR count). The summed E-state index contributed by atoms with van der Waals surface area (Å²) in [6, 6.07) is 13.1. The van der Waals surface area contributed by atoms with Crippen molar-refractivity contribution in [1.29, 1.82) is 0 Å². The van der Waals surface area contributed by atoms with Crippen molar-refractivity contribution in [3.63, 3.8) is 0 Å². The van der Waals surface area contributed by atoms with Crippen LogP contribution in [0.3, 0.4) is 0 Å². The topological polar surface area (TPSA) is 93.5 Å². The standard InChI is InChI=1S/C31H43Cl2N3O3/c1-18(2)25(28(38)39-30(6,7)8)36-27(37)26-24(19-10-9-11-22(33)16-19)31(34,20-12-14-21(32)15-13-20)23(35-26)17-29(3,4)5/h9-16,18,23-26,35H,17,34H2,1-8H3,(H,36,37)/t23-,24-,25+,26+,31+/m1/s1. The lowest BCUT2D eigenvalue weighted by atomic mass is 9.68. The van der Waals surface area contributed by atoms with Crippen LogP contribution in [0.15, 0.2) is 48.5 Å². The van der Waals surface area contributed by atoms with Crippen LogP contribution in [0.1, 0.15) is 78.9 Å². The summed E-state index contributed by atoms with van der Waals surface area (Å²) in [4.78, 5) is 27.2. The van der Waals surface area contributed by atoms with E-state index in [-0.39, 0.29) is 23.3 Å². The van der Waals surface area contributed by atoms with Crippen LogP contribution in [0.2, 0.25) is 10.0 Å². The highest BCUT2D eigenvalue weighted by Crippen LogP contribution is 2.48. The van der Waals surface area contributed by atoms with Gasteiger partial charge in [0, 0.05) is 22.0 Å². The van der Waals surface area contributed by atoms with E-state index in [9.17, 15) is 9.59 Å². The van der Waals surface area contributed by atoms with E-state index in [0.29, 0.717) is 16.5 Å². The Morgan fingerprint density at radius 1 is 1.03 bits per heavy atom. The molecule has 0 spiro atoms. The van der Waals surface area contributed by atoms with Gasteiger partial charge in [0.2, 0.25) is 5.91 Å². The van der Waals surface area contributed by atoms with Crippen molar-refractivity contribution in [2.45, 2.75) is 97.0 Å². The van der Waals surface area contributed by atoms with Crippen molar-refractivity contribution in [1.82, 2.24) is 10.6 Å². The first-order valence-electron chi connectivity index (χ1n) is 13.5. The molecule has 1 aliphatic heterocycles. The number of halogens is 2. The Bertz CT molecular complexity index is 1170. The Hall–Kier alpha value is -2.12. The van der Waals surface area contributed by atoms with Gasteiger partial charge < -0.3 is 21.1 Å². The largest absolute Gasteiger partial charge is 0.458 e. The fourth-order valence-electron chi connectivity index (χ4n) is 5.40. The number of benzene rings is 2. The van der Waals surface area contributed by atoms with E-state index in [1.807, 2.05) is 77.1 Å². The van der Waals surface area contributed by atoms with Crippen LogP contribution in [0.5, 0.6) is 0 Å². The Kier molecular flexibility index (Phi) is 9.48.